The normalized spacial score (nSPS) is 39.9. The lowest BCUT2D eigenvalue weighted by molar-refractivity contribution is -0.127. The topological polar surface area (TPSA) is 35.5 Å². The Hall–Kier alpha value is -1.25. The fourth-order valence-electron chi connectivity index (χ4n) is 6.70. The zero-order valence-electron chi connectivity index (χ0n) is 18.4. The molecule has 2 saturated carbocycles. The minimum absolute atomic E-state index is 0.0834. The van der Waals surface area contributed by atoms with Crippen molar-refractivity contribution in [2.75, 3.05) is 7.11 Å². The molecule has 4 atom stereocenters. The number of carbonyl (C=O) groups is 1. The highest BCUT2D eigenvalue weighted by molar-refractivity contribution is 6.04. The van der Waals surface area contributed by atoms with Crippen LogP contribution in [0.15, 0.2) is 22.7 Å². The Bertz CT molecular complexity index is 754. The first kappa shape index (κ1) is 19.1. The van der Waals surface area contributed by atoms with Crippen molar-refractivity contribution in [1.29, 1.82) is 0 Å². The molecule has 0 aromatic carbocycles. The predicted octanol–water partition coefficient (Wildman–Crippen LogP) is 5.66. The average molecular weight is 373 g/mol. The molecule has 27 heavy (non-hydrogen) atoms. The van der Waals surface area contributed by atoms with Crippen LogP contribution >= 0.6 is 0 Å². The molecule has 0 amide bonds. The minimum Gasteiger partial charge on any atom is -0.500 e. The first-order valence-electron chi connectivity index (χ1n) is 10.8. The van der Waals surface area contributed by atoms with Crippen molar-refractivity contribution in [1.82, 2.24) is 0 Å². The highest BCUT2D eigenvalue weighted by Gasteiger charge is 2.72. The van der Waals surface area contributed by atoms with Gasteiger partial charge in [-0.05, 0) is 69.6 Å². The summed E-state index contributed by atoms with van der Waals surface area (Å²) in [6.07, 6.45) is 4.68. The fourth-order valence-corrected chi connectivity index (χ4v) is 6.70. The van der Waals surface area contributed by atoms with E-state index in [4.69, 9.17) is 9.47 Å². The number of fused-ring (bicyclic) bond motifs is 2. The zero-order chi connectivity index (χ0) is 19.9. The number of Topliss-reactive ketones (excluding diaryl/α,β-unsaturated/α-hetero) is 1. The minimum atomic E-state index is -0.615. The van der Waals surface area contributed by atoms with Crippen LogP contribution in [0.2, 0.25) is 0 Å². The van der Waals surface area contributed by atoms with Crippen LogP contribution in [0.1, 0.15) is 74.1 Å². The van der Waals surface area contributed by atoms with Crippen LogP contribution in [0.3, 0.4) is 0 Å². The van der Waals surface area contributed by atoms with Crippen molar-refractivity contribution < 1.29 is 14.3 Å². The number of hydrogen-bond acceptors (Lipinski definition) is 3. The smallest absolute Gasteiger partial charge is 0.175 e. The Morgan fingerprint density at radius 2 is 1.78 bits per heavy atom. The molecular formula is C24H36O3. The van der Waals surface area contributed by atoms with Crippen LogP contribution in [-0.4, -0.2) is 18.5 Å². The van der Waals surface area contributed by atoms with Gasteiger partial charge in [-0.15, -0.1) is 0 Å². The van der Waals surface area contributed by atoms with E-state index in [1.165, 1.54) is 12.8 Å². The lowest BCUT2D eigenvalue weighted by atomic mass is 9.65. The molecular weight excluding hydrogens is 336 g/mol. The van der Waals surface area contributed by atoms with Crippen LogP contribution in [0.25, 0.3) is 0 Å². The van der Waals surface area contributed by atoms with Gasteiger partial charge in [0, 0.05) is 17.1 Å². The number of allylic oxidation sites excluding steroid dienone is 3. The third-order valence-corrected chi connectivity index (χ3v) is 8.47. The van der Waals surface area contributed by atoms with E-state index in [-0.39, 0.29) is 17.3 Å². The number of carbonyl (C=O) groups excluding carboxylic acids is 1. The Morgan fingerprint density at radius 3 is 2.26 bits per heavy atom. The van der Waals surface area contributed by atoms with E-state index < -0.39 is 5.41 Å². The molecule has 4 aliphatic rings. The summed E-state index contributed by atoms with van der Waals surface area (Å²) < 4.78 is 12.6. The molecule has 1 aliphatic heterocycles. The number of hydrogen-bond donors (Lipinski definition) is 0. The number of rotatable bonds is 3. The van der Waals surface area contributed by atoms with E-state index in [1.54, 1.807) is 7.11 Å². The number of ketones is 1. The van der Waals surface area contributed by atoms with Crippen LogP contribution in [0, 0.1) is 34.5 Å². The van der Waals surface area contributed by atoms with Gasteiger partial charge in [0.05, 0.1) is 12.5 Å². The van der Waals surface area contributed by atoms with Crippen molar-refractivity contribution in [3.05, 3.63) is 22.7 Å². The second-order valence-electron chi connectivity index (χ2n) is 10.7. The van der Waals surface area contributed by atoms with E-state index in [2.05, 4.69) is 34.6 Å². The average Bonchev–Trinajstić information content (AvgIpc) is 3.28. The first-order valence-corrected chi connectivity index (χ1v) is 10.8. The molecule has 150 valence electrons. The van der Waals surface area contributed by atoms with Gasteiger partial charge in [0.15, 0.2) is 5.78 Å². The Balaban J connectivity index is 1.83. The quantitative estimate of drug-likeness (QED) is 0.641. The van der Waals surface area contributed by atoms with Gasteiger partial charge >= 0.3 is 0 Å². The van der Waals surface area contributed by atoms with Crippen LogP contribution in [-0.2, 0) is 14.3 Å². The largest absolute Gasteiger partial charge is 0.500 e. The summed E-state index contributed by atoms with van der Waals surface area (Å²) in [5.74, 6) is 3.87. The molecule has 0 bridgehead atoms. The Morgan fingerprint density at radius 1 is 1.11 bits per heavy atom. The van der Waals surface area contributed by atoms with Gasteiger partial charge in [0.25, 0.3) is 0 Å². The van der Waals surface area contributed by atoms with Crippen molar-refractivity contribution in [2.45, 2.75) is 79.8 Å². The molecule has 3 heteroatoms. The van der Waals surface area contributed by atoms with Gasteiger partial charge in [-0.1, -0.05) is 27.7 Å². The molecule has 0 aromatic rings. The standard InChI is InChI=1S/C24H36O3/c1-13(2)16-11-24(10-9-23(14(3)4)12-17(23)24)27-19-15(5)21(26-8)22(6,7)20(25)18(16)19/h13-14,16-17H,9-12H2,1-8H3/t16-,17-,23+,24+/m1/s1. The molecule has 3 aliphatic carbocycles. The summed E-state index contributed by atoms with van der Waals surface area (Å²) in [5.41, 5.74) is 1.74. The Kier molecular flexibility index (Phi) is 3.99. The van der Waals surface area contributed by atoms with Crippen LogP contribution in [0.5, 0.6) is 0 Å². The summed E-state index contributed by atoms with van der Waals surface area (Å²) >= 11 is 0. The van der Waals surface area contributed by atoms with E-state index in [0.29, 0.717) is 23.2 Å². The highest BCUT2D eigenvalue weighted by Crippen LogP contribution is 2.74. The monoisotopic (exact) mass is 372 g/mol. The van der Waals surface area contributed by atoms with E-state index in [0.717, 1.165) is 35.5 Å². The van der Waals surface area contributed by atoms with Gasteiger partial charge in [-0.25, -0.2) is 0 Å². The maximum Gasteiger partial charge on any atom is 0.175 e. The van der Waals surface area contributed by atoms with Crippen molar-refractivity contribution in [3.63, 3.8) is 0 Å². The summed E-state index contributed by atoms with van der Waals surface area (Å²) in [5, 5.41) is 0. The first-order chi connectivity index (χ1) is 12.5. The summed E-state index contributed by atoms with van der Waals surface area (Å²) in [4.78, 5) is 13.5. The third-order valence-electron chi connectivity index (χ3n) is 8.47. The van der Waals surface area contributed by atoms with Gasteiger partial charge in [0.2, 0.25) is 0 Å². The predicted molar refractivity (Wildman–Crippen MR) is 107 cm³/mol. The van der Waals surface area contributed by atoms with Gasteiger partial charge in [0.1, 0.15) is 17.1 Å². The molecule has 0 saturated heterocycles. The van der Waals surface area contributed by atoms with Gasteiger partial charge < -0.3 is 9.47 Å². The second kappa shape index (κ2) is 5.64. The summed E-state index contributed by atoms with van der Waals surface area (Å²) in [6.45, 7) is 15.3. The zero-order valence-corrected chi connectivity index (χ0v) is 18.4. The van der Waals surface area contributed by atoms with Crippen molar-refractivity contribution in [2.24, 2.45) is 34.5 Å². The Labute approximate surface area is 164 Å². The van der Waals surface area contributed by atoms with Gasteiger partial charge in [-0.3, -0.25) is 4.79 Å². The van der Waals surface area contributed by atoms with E-state index in [9.17, 15) is 4.79 Å². The van der Waals surface area contributed by atoms with E-state index >= 15 is 0 Å². The van der Waals surface area contributed by atoms with Crippen molar-refractivity contribution in [3.8, 4) is 0 Å². The molecule has 3 nitrogen and oxygen atoms in total. The SMILES string of the molecule is COC1=C(C)C2=C(C(=O)C1(C)C)[C@@H](C(C)C)C[C@]1(CC[C@@]3(C(C)C)C[C@@H]13)O2. The fraction of sp³-hybridized carbons (Fsp3) is 0.792. The summed E-state index contributed by atoms with van der Waals surface area (Å²) in [7, 11) is 1.68. The molecule has 1 heterocycles. The highest BCUT2D eigenvalue weighted by atomic mass is 16.5. The molecule has 0 radical (unpaired) electrons. The molecule has 0 N–H and O–H groups in total. The maximum absolute atomic E-state index is 13.5. The van der Waals surface area contributed by atoms with Gasteiger partial charge in [-0.2, -0.15) is 0 Å². The molecule has 1 spiro atoms. The third kappa shape index (κ3) is 2.29. The van der Waals surface area contributed by atoms with Crippen LogP contribution < -0.4 is 0 Å². The molecule has 4 rings (SSSR count). The number of ether oxygens (including phenoxy) is 2. The molecule has 0 unspecified atom stereocenters. The lowest BCUT2D eigenvalue weighted by Crippen LogP contribution is -2.47. The summed E-state index contributed by atoms with van der Waals surface area (Å²) in [6, 6.07) is 0. The maximum atomic E-state index is 13.5. The second-order valence-corrected chi connectivity index (χ2v) is 10.7. The van der Waals surface area contributed by atoms with Crippen molar-refractivity contribution >= 4 is 5.78 Å². The lowest BCUT2D eigenvalue weighted by Gasteiger charge is -2.47. The van der Waals surface area contributed by atoms with Crippen LogP contribution in [0.4, 0.5) is 0 Å². The molecule has 0 aromatic heterocycles. The number of methoxy groups -OCH3 is 1. The molecule has 2 fully saturated rings. The van der Waals surface area contributed by atoms with E-state index in [1.807, 2.05) is 13.8 Å².